The Morgan fingerprint density at radius 2 is 2.13 bits per heavy atom. The SMILES string of the molecule is CCC(c1ccc(OC)c(OC)c1)N1CC(CN=[N+]=[N-])CC1=O. The molecule has 0 aliphatic carbocycles. The van der Waals surface area contributed by atoms with Crippen LogP contribution in [-0.4, -0.2) is 38.1 Å². The van der Waals surface area contributed by atoms with Crippen molar-refractivity contribution in [2.24, 2.45) is 11.0 Å². The van der Waals surface area contributed by atoms with E-state index in [1.54, 1.807) is 14.2 Å². The summed E-state index contributed by atoms with van der Waals surface area (Å²) in [6.07, 6.45) is 1.23. The molecule has 124 valence electrons. The molecule has 0 saturated carbocycles. The Labute approximate surface area is 135 Å². The van der Waals surface area contributed by atoms with Crippen LogP contribution in [0.3, 0.4) is 0 Å². The highest BCUT2D eigenvalue weighted by Crippen LogP contribution is 2.36. The molecule has 7 heteroatoms. The minimum absolute atomic E-state index is 0.0154. The second-order valence-corrected chi connectivity index (χ2v) is 5.57. The molecular formula is C16H22N4O3. The number of ether oxygens (including phenoxy) is 2. The van der Waals surface area contributed by atoms with Crippen LogP contribution in [0.2, 0.25) is 0 Å². The molecular weight excluding hydrogens is 296 g/mol. The third kappa shape index (κ3) is 3.68. The number of hydrogen-bond donors (Lipinski definition) is 0. The molecule has 1 aromatic carbocycles. The Morgan fingerprint density at radius 3 is 2.74 bits per heavy atom. The Hall–Kier alpha value is -2.40. The molecule has 0 N–H and O–H groups in total. The van der Waals surface area contributed by atoms with Gasteiger partial charge in [0.05, 0.1) is 20.3 Å². The molecule has 23 heavy (non-hydrogen) atoms. The van der Waals surface area contributed by atoms with Crippen molar-refractivity contribution in [1.29, 1.82) is 0 Å². The highest BCUT2D eigenvalue weighted by Gasteiger charge is 2.34. The zero-order valence-electron chi connectivity index (χ0n) is 13.7. The predicted molar refractivity (Wildman–Crippen MR) is 86.4 cm³/mol. The number of carbonyl (C=O) groups excluding carboxylic acids is 1. The largest absolute Gasteiger partial charge is 0.493 e. The molecule has 2 atom stereocenters. The quantitative estimate of drug-likeness (QED) is 0.439. The fourth-order valence-electron chi connectivity index (χ4n) is 3.08. The number of methoxy groups -OCH3 is 2. The van der Waals surface area contributed by atoms with Crippen LogP contribution in [0, 0.1) is 5.92 Å². The predicted octanol–water partition coefficient (Wildman–Crippen LogP) is 3.31. The molecule has 7 nitrogen and oxygen atoms in total. The minimum Gasteiger partial charge on any atom is -0.493 e. The maximum atomic E-state index is 12.3. The molecule has 1 heterocycles. The van der Waals surface area contributed by atoms with E-state index in [0.29, 0.717) is 31.0 Å². The van der Waals surface area contributed by atoms with Crippen molar-refractivity contribution in [3.05, 3.63) is 34.2 Å². The van der Waals surface area contributed by atoms with Gasteiger partial charge in [0.1, 0.15) is 0 Å². The van der Waals surface area contributed by atoms with E-state index in [9.17, 15) is 4.79 Å². The van der Waals surface area contributed by atoms with Crippen molar-refractivity contribution in [2.45, 2.75) is 25.8 Å². The summed E-state index contributed by atoms with van der Waals surface area (Å²) in [6, 6.07) is 5.72. The summed E-state index contributed by atoms with van der Waals surface area (Å²) >= 11 is 0. The molecule has 0 spiro atoms. The van der Waals surface area contributed by atoms with Crippen LogP contribution in [0.5, 0.6) is 11.5 Å². The van der Waals surface area contributed by atoms with Gasteiger partial charge in [0.2, 0.25) is 5.91 Å². The summed E-state index contributed by atoms with van der Waals surface area (Å²) in [5, 5.41) is 3.60. The van der Waals surface area contributed by atoms with Gasteiger partial charge in [0, 0.05) is 24.4 Å². The second kappa shape index (κ2) is 7.74. The lowest BCUT2D eigenvalue weighted by molar-refractivity contribution is -0.129. The molecule has 1 saturated heterocycles. The number of rotatable bonds is 7. The summed E-state index contributed by atoms with van der Waals surface area (Å²) in [4.78, 5) is 17.0. The third-order valence-electron chi connectivity index (χ3n) is 4.20. The van der Waals surface area contributed by atoms with Gasteiger partial charge in [-0.2, -0.15) is 0 Å². The van der Waals surface area contributed by atoms with Crippen LogP contribution in [0.1, 0.15) is 31.4 Å². The topological polar surface area (TPSA) is 87.5 Å². The van der Waals surface area contributed by atoms with Crippen molar-refractivity contribution >= 4 is 5.91 Å². The van der Waals surface area contributed by atoms with Crippen LogP contribution in [-0.2, 0) is 4.79 Å². The molecule has 1 amide bonds. The Balaban J connectivity index is 2.22. The number of azide groups is 1. The smallest absolute Gasteiger partial charge is 0.223 e. The Bertz CT molecular complexity index is 613. The van der Waals surface area contributed by atoms with Crippen molar-refractivity contribution in [3.8, 4) is 11.5 Å². The fraction of sp³-hybridized carbons (Fsp3) is 0.562. The van der Waals surface area contributed by atoms with Crippen molar-refractivity contribution in [2.75, 3.05) is 27.3 Å². The van der Waals surface area contributed by atoms with Crippen LogP contribution < -0.4 is 9.47 Å². The first-order chi connectivity index (χ1) is 11.1. The Kier molecular flexibility index (Phi) is 5.71. The normalized spacial score (nSPS) is 18.5. The first-order valence-corrected chi connectivity index (χ1v) is 7.66. The zero-order chi connectivity index (χ0) is 16.8. The van der Waals surface area contributed by atoms with Crippen LogP contribution >= 0.6 is 0 Å². The Morgan fingerprint density at radius 1 is 1.39 bits per heavy atom. The van der Waals surface area contributed by atoms with Gasteiger partial charge in [0.15, 0.2) is 11.5 Å². The van der Waals surface area contributed by atoms with Crippen molar-refractivity contribution in [3.63, 3.8) is 0 Å². The summed E-state index contributed by atoms with van der Waals surface area (Å²) in [5.41, 5.74) is 9.45. The molecule has 1 aliphatic heterocycles. The van der Waals surface area contributed by atoms with Gasteiger partial charge in [-0.15, -0.1) is 0 Å². The summed E-state index contributed by atoms with van der Waals surface area (Å²) in [6.45, 7) is 3.03. The van der Waals surface area contributed by atoms with E-state index in [1.165, 1.54) is 0 Å². The molecule has 1 aliphatic rings. The number of benzene rings is 1. The molecule has 2 unspecified atom stereocenters. The van der Waals surface area contributed by atoms with Crippen LogP contribution in [0.4, 0.5) is 0 Å². The molecule has 1 fully saturated rings. The van der Waals surface area contributed by atoms with E-state index >= 15 is 0 Å². The lowest BCUT2D eigenvalue weighted by Crippen LogP contribution is -2.30. The number of likely N-dealkylation sites (tertiary alicyclic amines) is 1. The van der Waals surface area contributed by atoms with Crippen LogP contribution in [0.25, 0.3) is 10.4 Å². The van der Waals surface area contributed by atoms with E-state index in [2.05, 4.69) is 16.9 Å². The van der Waals surface area contributed by atoms with E-state index in [4.69, 9.17) is 15.0 Å². The van der Waals surface area contributed by atoms with E-state index in [1.807, 2.05) is 23.1 Å². The van der Waals surface area contributed by atoms with E-state index in [-0.39, 0.29) is 17.9 Å². The first-order valence-electron chi connectivity index (χ1n) is 7.66. The highest BCUT2D eigenvalue weighted by molar-refractivity contribution is 5.79. The summed E-state index contributed by atoms with van der Waals surface area (Å²) in [7, 11) is 3.19. The zero-order valence-corrected chi connectivity index (χ0v) is 13.7. The molecule has 1 aromatic rings. The molecule has 0 bridgehead atoms. The lowest BCUT2D eigenvalue weighted by Gasteiger charge is -2.28. The average Bonchev–Trinajstić information content (AvgIpc) is 2.94. The van der Waals surface area contributed by atoms with Gasteiger partial charge in [0.25, 0.3) is 0 Å². The van der Waals surface area contributed by atoms with Gasteiger partial charge in [-0.25, -0.2) is 0 Å². The van der Waals surface area contributed by atoms with Gasteiger partial charge < -0.3 is 14.4 Å². The second-order valence-electron chi connectivity index (χ2n) is 5.57. The standard InChI is InChI=1S/C16H22N4O3/c1-4-13(12-5-6-14(22-2)15(8-12)23-3)20-10-11(7-16(20)21)9-18-19-17/h5-6,8,11,13H,4,7,9-10H2,1-3H3. The average molecular weight is 318 g/mol. The monoisotopic (exact) mass is 318 g/mol. The maximum absolute atomic E-state index is 12.3. The summed E-state index contributed by atoms with van der Waals surface area (Å²) < 4.78 is 10.6. The number of hydrogen-bond acceptors (Lipinski definition) is 4. The first kappa shape index (κ1) is 17.0. The number of carbonyl (C=O) groups is 1. The lowest BCUT2D eigenvalue weighted by atomic mass is 10.0. The van der Waals surface area contributed by atoms with Gasteiger partial charge in [-0.3, -0.25) is 4.79 Å². The van der Waals surface area contributed by atoms with E-state index in [0.717, 1.165) is 12.0 Å². The van der Waals surface area contributed by atoms with E-state index < -0.39 is 0 Å². The van der Waals surface area contributed by atoms with Crippen molar-refractivity contribution < 1.29 is 14.3 Å². The molecule has 2 rings (SSSR count). The van der Waals surface area contributed by atoms with Gasteiger partial charge in [-0.1, -0.05) is 18.1 Å². The van der Waals surface area contributed by atoms with Crippen molar-refractivity contribution in [1.82, 2.24) is 4.90 Å². The minimum atomic E-state index is -0.0154. The number of nitrogens with zero attached hydrogens (tertiary/aromatic N) is 4. The molecule has 0 radical (unpaired) electrons. The molecule has 0 aromatic heterocycles. The van der Waals surface area contributed by atoms with Gasteiger partial charge >= 0.3 is 0 Å². The van der Waals surface area contributed by atoms with Gasteiger partial charge in [-0.05, 0) is 35.6 Å². The summed E-state index contributed by atoms with van der Waals surface area (Å²) in [5.74, 6) is 1.51. The fourth-order valence-corrected chi connectivity index (χ4v) is 3.08. The highest BCUT2D eigenvalue weighted by atomic mass is 16.5. The van der Waals surface area contributed by atoms with Crippen LogP contribution in [0.15, 0.2) is 23.3 Å². The number of amides is 1. The third-order valence-corrected chi connectivity index (χ3v) is 4.20. The maximum Gasteiger partial charge on any atom is 0.223 e.